The lowest BCUT2D eigenvalue weighted by molar-refractivity contribution is 0.182. The molecule has 0 spiro atoms. The van der Waals surface area contributed by atoms with Gasteiger partial charge in [0.1, 0.15) is 0 Å². The van der Waals surface area contributed by atoms with Crippen LogP contribution in [0, 0.1) is 5.92 Å². The van der Waals surface area contributed by atoms with Gasteiger partial charge in [-0.1, -0.05) is 0 Å². The molecule has 1 saturated heterocycles. The van der Waals surface area contributed by atoms with E-state index in [0.717, 1.165) is 32.4 Å². The summed E-state index contributed by atoms with van der Waals surface area (Å²) in [5, 5.41) is 14.5. The minimum Gasteiger partial charge on any atom is -0.465 e. The predicted molar refractivity (Wildman–Crippen MR) is 44.1 cm³/mol. The summed E-state index contributed by atoms with van der Waals surface area (Å²) >= 11 is 0. The van der Waals surface area contributed by atoms with Crippen molar-refractivity contribution in [1.82, 2.24) is 10.6 Å². The van der Waals surface area contributed by atoms with Crippen molar-refractivity contribution in [1.29, 1.82) is 0 Å². The molecule has 4 heteroatoms. The monoisotopic (exact) mass is 170 g/mol. The molecule has 1 aliphatic carbocycles. The molecule has 1 heterocycles. The van der Waals surface area contributed by atoms with Crippen molar-refractivity contribution in [3.8, 4) is 0 Å². The molecule has 2 rings (SSSR count). The summed E-state index contributed by atoms with van der Waals surface area (Å²) in [4.78, 5) is 10.5. The van der Waals surface area contributed by atoms with E-state index in [1.165, 1.54) is 0 Å². The number of nitrogens with one attached hydrogen (secondary N) is 2. The molecule has 3 N–H and O–H groups in total. The summed E-state index contributed by atoms with van der Waals surface area (Å²) in [6.45, 7) is 2.01. The van der Waals surface area contributed by atoms with Crippen LogP contribution in [0.25, 0.3) is 0 Å². The maximum Gasteiger partial charge on any atom is 0.405 e. The van der Waals surface area contributed by atoms with Crippen molar-refractivity contribution in [2.45, 2.75) is 24.8 Å². The second-order valence-corrected chi connectivity index (χ2v) is 3.78. The maximum absolute atomic E-state index is 10.5. The van der Waals surface area contributed by atoms with E-state index in [0.29, 0.717) is 5.92 Å². The van der Waals surface area contributed by atoms with Gasteiger partial charge < -0.3 is 15.7 Å². The first kappa shape index (κ1) is 7.86. The Kier molecular flexibility index (Phi) is 1.72. The van der Waals surface area contributed by atoms with Crippen LogP contribution < -0.4 is 10.6 Å². The quantitative estimate of drug-likeness (QED) is 0.562. The molecule has 0 radical (unpaired) electrons. The highest BCUT2D eigenvalue weighted by Crippen LogP contribution is 2.44. The van der Waals surface area contributed by atoms with Gasteiger partial charge in [-0.25, -0.2) is 4.79 Å². The fourth-order valence-electron chi connectivity index (χ4n) is 2.11. The average molecular weight is 170 g/mol. The number of carboxylic acid groups (broad SMARTS) is 1. The first-order valence-electron chi connectivity index (χ1n) is 4.45. The van der Waals surface area contributed by atoms with Crippen molar-refractivity contribution in [2.75, 3.05) is 13.1 Å². The van der Waals surface area contributed by atoms with Gasteiger partial charge in [-0.05, 0) is 31.7 Å². The molecule has 12 heavy (non-hydrogen) atoms. The minimum atomic E-state index is -0.876. The normalized spacial score (nSPS) is 31.5. The van der Waals surface area contributed by atoms with Crippen molar-refractivity contribution in [3.05, 3.63) is 0 Å². The Morgan fingerprint density at radius 1 is 1.58 bits per heavy atom. The number of carbonyl (C=O) groups is 1. The van der Waals surface area contributed by atoms with Crippen LogP contribution in [0.3, 0.4) is 0 Å². The molecule has 0 unspecified atom stereocenters. The Hall–Kier alpha value is -0.770. The van der Waals surface area contributed by atoms with Crippen molar-refractivity contribution in [3.63, 3.8) is 0 Å². The van der Waals surface area contributed by atoms with E-state index in [4.69, 9.17) is 5.11 Å². The van der Waals surface area contributed by atoms with Crippen molar-refractivity contribution < 1.29 is 9.90 Å². The highest BCUT2D eigenvalue weighted by atomic mass is 16.4. The summed E-state index contributed by atoms with van der Waals surface area (Å²) in [5.74, 6) is 0.522. The molecule has 1 amide bonds. The second kappa shape index (κ2) is 2.62. The standard InChI is InChI=1S/C8H14N2O2/c11-7(12)10-8(2-3-8)6-1-4-9-5-6/h6,9-10H,1-5H2,(H,11,12)/t6-/m1/s1. The summed E-state index contributed by atoms with van der Waals surface area (Å²) in [7, 11) is 0. The molecule has 68 valence electrons. The van der Waals surface area contributed by atoms with Gasteiger partial charge in [0.05, 0.1) is 0 Å². The average Bonchev–Trinajstić information content (AvgIpc) is 2.61. The zero-order valence-corrected chi connectivity index (χ0v) is 6.97. The molecule has 0 aromatic heterocycles. The fraction of sp³-hybridized carbons (Fsp3) is 0.875. The van der Waals surface area contributed by atoms with Gasteiger partial charge in [-0.3, -0.25) is 0 Å². The molecule has 0 aromatic carbocycles. The molecular weight excluding hydrogens is 156 g/mol. The van der Waals surface area contributed by atoms with Crippen LogP contribution >= 0.6 is 0 Å². The van der Waals surface area contributed by atoms with Gasteiger partial charge in [0.25, 0.3) is 0 Å². The molecule has 0 bridgehead atoms. The summed E-state index contributed by atoms with van der Waals surface area (Å²) < 4.78 is 0. The number of hydrogen-bond donors (Lipinski definition) is 3. The van der Waals surface area contributed by atoms with Crippen LogP contribution in [0.4, 0.5) is 4.79 Å². The molecule has 1 saturated carbocycles. The smallest absolute Gasteiger partial charge is 0.405 e. The van der Waals surface area contributed by atoms with E-state index in [9.17, 15) is 4.79 Å². The number of rotatable bonds is 2. The third kappa shape index (κ3) is 1.27. The first-order chi connectivity index (χ1) is 5.73. The number of hydrogen-bond acceptors (Lipinski definition) is 2. The van der Waals surface area contributed by atoms with Crippen LogP contribution in [-0.4, -0.2) is 29.8 Å². The topological polar surface area (TPSA) is 61.4 Å². The largest absolute Gasteiger partial charge is 0.465 e. The van der Waals surface area contributed by atoms with E-state index in [2.05, 4.69) is 10.6 Å². The Balaban J connectivity index is 1.95. The summed E-state index contributed by atoms with van der Waals surface area (Å²) in [5.41, 5.74) is -0.0602. The van der Waals surface area contributed by atoms with E-state index in [1.54, 1.807) is 0 Å². The second-order valence-electron chi connectivity index (χ2n) is 3.78. The fourth-order valence-corrected chi connectivity index (χ4v) is 2.11. The van der Waals surface area contributed by atoms with Gasteiger partial charge in [0, 0.05) is 12.1 Å². The van der Waals surface area contributed by atoms with Crippen LogP contribution in [0.15, 0.2) is 0 Å². The highest BCUT2D eigenvalue weighted by molar-refractivity contribution is 5.66. The summed E-state index contributed by atoms with van der Waals surface area (Å²) in [6, 6.07) is 0. The molecule has 2 fully saturated rings. The van der Waals surface area contributed by atoms with Crippen LogP contribution in [0.2, 0.25) is 0 Å². The third-order valence-electron chi connectivity index (χ3n) is 2.99. The Morgan fingerprint density at radius 3 is 2.75 bits per heavy atom. The lowest BCUT2D eigenvalue weighted by atomic mass is 9.97. The van der Waals surface area contributed by atoms with Gasteiger partial charge in [0.2, 0.25) is 0 Å². The predicted octanol–water partition coefficient (Wildman–Crippen LogP) is 0.396. The molecule has 0 aromatic rings. The molecule has 1 aliphatic heterocycles. The van der Waals surface area contributed by atoms with Crippen molar-refractivity contribution >= 4 is 6.09 Å². The highest BCUT2D eigenvalue weighted by Gasteiger charge is 2.51. The maximum atomic E-state index is 10.5. The van der Waals surface area contributed by atoms with Crippen LogP contribution in [0.1, 0.15) is 19.3 Å². The molecule has 4 nitrogen and oxygen atoms in total. The molecular formula is C8H14N2O2. The lowest BCUT2D eigenvalue weighted by Crippen LogP contribution is -2.42. The van der Waals surface area contributed by atoms with E-state index in [-0.39, 0.29) is 5.54 Å². The van der Waals surface area contributed by atoms with Crippen LogP contribution in [-0.2, 0) is 0 Å². The van der Waals surface area contributed by atoms with Gasteiger partial charge >= 0.3 is 6.09 Å². The van der Waals surface area contributed by atoms with Gasteiger partial charge in [0.15, 0.2) is 0 Å². The SMILES string of the molecule is O=C(O)NC1([C@@H]2CCNC2)CC1. The summed E-state index contributed by atoms with van der Waals surface area (Å²) in [6.07, 6.45) is 2.27. The van der Waals surface area contributed by atoms with Gasteiger partial charge in [-0.2, -0.15) is 0 Å². The van der Waals surface area contributed by atoms with E-state index >= 15 is 0 Å². The third-order valence-corrected chi connectivity index (χ3v) is 2.99. The van der Waals surface area contributed by atoms with Gasteiger partial charge in [-0.15, -0.1) is 0 Å². The van der Waals surface area contributed by atoms with E-state index in [1.807, 2.05) is 0 Å². The Bertz CT molecular complexity index is 195. The zero-order valence-electron chi connectivity index (χ0n) is 6.97. The molecule has 2 aliphatic rings. The Labute approximate surface area is 71.3 Å². The van der Waals surface area contributed by atoms with E-state index < -0.39 is 6.09 Å². The minimum absolute atomic E-state index is 0.0602. The number of amides is 1. The molecule has 1 atom stereocenters. The van der Waals surface area contributed by atoms with Crippen molar-refractivity contribution in [2.24, 2.45) is 5.92 Å². The van der Waals surface area contributed by atoms with Crippen LogP contribution in [0.5, 0.6) is 0 Å². The first-order valence-corrected chi connectivity index (χ1v) is 4.45. The Morgan fingerprint density at radius 2 is 2.33 bits per heavy atom. The lowest BCUT2D eigenvalue weighted by Gasteiger charge is -2.21. The zero-order chi connectivity index (χ0) is 8.60.